The zero-order valence-corrected chi connectivity index (χ0v) is 24.9. The second kappa shape index (κ2) is 16.1. The van der Waals surface area contributed by atoms with Gasteiger partial charge in [-0.15, -0.1) is 11.8 Å². The Morgan fingerprint density at radius 3 is 2.31 bits per heavy atom. The van der Waals surface area contributed by atoms with Crippen LogP contribution in [0.15, 0.2) is 47.9 Å². The fourth-order valence-electron chi connectivity index (χ4n) is 4.89. The van der Waals surface area contributed by atoms with Crippen molar-refractivity contribution in [1.29, 1.82) is 0 Å². The molecular weight excluding hydrogens is 595 g/mol. The molecule has 3 heterocycles. The molecule has 2 fully saturated rings. The number of likely N-dealkylation sites (tertiary alicyclic amines) is 2. The van der Waals surface area contributed by atoms with Gasteiger partial charge in [0.1, 0.15) is 5.03 Å². The maximum Gasteiger partial charge on any atom is 0.490 e. The Bertz CT molecular complexity index is 1180. The molecular formula is C28H35ClF3N5O4S. The number of carbonyl (C=O) groups excluding carboxylic acids is 2. The molecule has 42 heavy (non-hydrogen) atoms. The molecule has 1 N–H and O–H groups in total. The molecule has 0 bridgehead atoms. The monoisotopic (exact) mass is 629 g/mol. The first-order chi connectivity index (χ1) is 19.9. The number of carboxylic acids is 1. The van der Waals surface area contributed by atoms with Gasteiger partial charge in [-0.05, 0) is 69.9 Å². The molecule has 0 unspecified atom stereocenters. The first kappa shape index (κ1) is 33.6. The summed E-state index contributed by atoms with van der Waals surface area (Å²) < 4.78 is 31.7. The van der Waals surface area contributed by atoms with Crippen LogP contribution in [-0.2, 0) is 14.4 Å². The van der Waals surface area contributed by atoms with E-state index in [9.17, 15) is 22.8 Å². The van der Waals surface area contributed by atoms with Crippen LogP contribution < -0.4 is 4.90 Å². The first-order valence-corrected chi connectivity index (χ1v) is 15.0. The van der Waals surface area contributed by atoms with Gasteiger partial charge in [0.2, 0.25) is 11.8 Å². The smallest absolute Gasteiger partial charge is 0.475 e. The molecule has 0 aliphatic carbocycles. The van der Waals surface area contributed by atoms with E-state index in [1.54, 1.807) is 19.3 Å². The molecule has 2 amide bonds. The summed E-state index contributed by atoms with van der Waals surface area (Å²) in [4.78, 5) is 48.9. The van der Waals surface area contributed by atoms with Crippen LogP contribution in [0.4, 0.5) is 18.9 Å². The fourth-order valence-corrected chi connectivity index (χ4v) is 6.11. The van der Waals surface area contributed by atoms with Crippen molar-refractivity contribution in [3.8, 4) is 0 Å². The largest absolute Gasteiger partial charge is 0.490 e. The lowest BCUT2D eigenvalue weighted by Crippen LogP contribution is -2.45. The molecule has 0 atom stereocenters. The minimum atomic E-state index is -5.08. The summed E-state index contributed by atoms with van der Waals surface area (Å²) in [6.45, 7) is 6.65. The molecule has 2 saturated heterocycles. The highest BCUT2D eigenvalue weighted by molar-refractivity contribution is 7.99. The molecule has 2 aliphatic rings. The molecule has 4 rings (SSSR count). The second-order valence-corrected chi connectivity index (χ2v) is 11.9. The van der Waals surface area contributed by atoms with Crippen molar-refractivity contribution in [2.75, 3.05) is 44.2 Å². The van der Waals surface area contributed by atoms with Crippen molar-refractivity contribution in [2.24, 2.45) is 5.92 Å². The lowest BCUT2D eigenvalue weighted by Gasteiger charge is -2.35. The van der Waals surface area contributed by atoms with E-state index in [1.807, 2.05) is 52.0 Å². The van der Waals surface area contributed by atoms with Crippen LogP contribution in [0.2, 0.25) is 5.02 Å². The number of rotatable bonds is 8. The van der Waals surface area contributed by atoms with Gasteiger partial charge in [0.25, 0.3) is 0 Å². The summed E-state index contributed by atoms with van der Waals surface area (Å²) in [5.74, 6) is -2.58. The zero-order valence-electron chi connectivity index (χ0n) is 23.3. The molecule has 2 aromatic rings. The third kappa shape index (κ3) is 10.7. The summed E-state index contributed by atoms with van der Waals surface area (Å²) in [5, 5.41) is 9.33. The Hall–Kier alpha value is -2.90. The molecule has 2 aliphatic heterocycles. The third-order valence-electron chi connectivity index (χ3n) is 7.14. The van der Waals surface area contributed by atoms with Crippen molar-refractivity contribution >= 4 is 46.8 Å². The van der Waals surface area contributed by atoms with Crippen LogP contribution in [0.3, 0.4) is 0 Å². The van der Waals surface area contributed by atoms with Gasteiger partial charge in [0.15, 0.2) is 0 Å². The number of hydrogen-bond acceptors (Lipinski definition) is 7. The number of aliphatic carboxylic acids is 1. The average Bonchev–Trinajstić information content (AvgIpc) is 2.96. The van der Waals surface area contributed by atoms with E-state index in [4.69, 9.17) is 21.5 Å². The Morgan fingerprint density at radius 1 is 1.10 bits per heavy atom. The van der Waals surface area contributed by atoms with Crippen LogP contribution in [0.1, 0.15) is 39.0 Å². The summed E-state index contributed by atoms with van der Waals surface area (Å²) >= 11 is 8.09. The Labute approximate surface area is 252 Å². The van der Waals surface area contributed by atoms with Crippen LogP contribution in [0, 0.1) is 5.92 Å². The van der Waals surface area contributed by atoms with Gasteiger partial charge in [-0.2, -0.15) is 13.2 Å². The van der Waals surface area contributed by atoms with Crippen LogP contribution in [0.5, 0.6) is 0 Å². The van der Waals surface area contributed by atoms with Gasteiger partial charge in [-0.1, -0.05) is 17.7 Å². The zero-order chi connectivity index (χ0) is 30.7. The molecule has 14 heteroatoms. The van der Waals surface area contributed by atoms with Crippen LogP contribution >= 0.6 is 23.4 Å². The van der Waals surface area contributed by atoms with Gasteiger partial charge < -0.3 is 19.8 Å². The van der Waals surface area contributed by atoms with E-state index in [0.29, 0.717) is 42.7 Å². The number of benzene rings is 1. The number of carboxylic acid groups (broad SMARTS) is 1. The fraction of sp³-hybridized carbons (Fsp3) is 0.536. The predicted molar refractivity (Wildman–Crippen MR) is 154 cm³/mol. The normalized spacial score (nSPS) is 16.8. The standard InChI is InChI=1S/C26H34ClN5O2S.C2HF3O2/c1-20(33)31-16-6-21(7-17-31)26(34)32(23-5-2-4-22(27)18-23)13-3-12-30-14-8-24(9-15-30)35-25-19-28-10-11-29-25;3-2(4,5)1(6)7/h2,4-5,10-11,18-19,21,24H,3,6-9,12-17H2,1H3;(H,6,7). The SMILES string of the molecule is CC(=O)N1CCC(C(=O)N(CCCN2CCC(Sc3cnccn3)CC2)c2cccc(Cl)c2)CC1.O=C(O)C(F)(F)F. The third-order valence-corrected chi connectivity index (χ3v) is 8.63. The van der Waals surface area contributed by atoms with E-state index in [-0.39, 0.29) is 17.7 Å². The minimum Gasteiger partial charge on any atom is -0.475 e. The predicted octanol–water partition coefficient (Wildman–Crippen LogP) is 5.00. The number of nitrogens with zero attached hydrogens (tertiary/aromatic N) is 5. The maximum absolute atomic E-state index is 13.5. The molecule has 0 saturated carbocycles. The first-order valence-electron chi connectivity index (χ1n) is 13.7. The number of alkyl halides is 3. The lowest BCUT2D eigenvalue weighted by molar-refractivity contribution is -0.192. The van der Waals surface area contributed by atoms with Crippen molar-refractivity contribution in [3.05, 3.63) is 47.9 Å². The topological polar surface area (TPSA) is 107 Å². The Morgan fingerprint density at radius 2 is 1.76 bits per heavy atom. The van der Waals surface area contributed by atoms with Gasteiger partial charge in [-0.3, -0.25) is 14.6 Å². The second-order valence-electron chi connectivity index (χ2n) is 10.1. The van der Waals surface area contributed by atoms with E-state index in [2.05, 4.69) is 14.9 Å². The quantitative estimate of drug-likeness (QED) is 0.435. The number of aromatic nitrogens is 2. The molecule has 1 aromatic heterocycles. The van der Waals surface area contributed by atoms with E-state index in [0.717, 1.165) is 49.6 Å². The van der Waals surface area contributed by atoms with E-state index >= 15 is 0 Å². The van der Waals surface area contributed by atoms with Gasteiger partial charge in [-0.25, -0.2) is 9.78 Å². The number of thioether (sulfide) groups is 1. The van der Waals surface area contributed by atoms with E-state index in [1.165, 1.54) is 0 Å². The Kier molecular flexibility index (Phi) is 12.9. The average molecular weight is 630 g/mol. The minimum absolute atomic E-state index is 0.0570. The number of amides is 2. The number of halogens is 4. The van der Waals surface area contributed by atoms with Crippen molar-refractivity contribution < 1.29 is 32.7 Å². The maximum atomic E-state index is 13.5. The summed E-state index contributed by atoms with van der Waals surface area (Å²) in [5.41, 5.74) is 0.857. The number of anilines is 1. The summed E-state index contributed by atoms with van der Waals surface area (Å²) in [7, 11) is 0. The van der Waals surface area contributed by atoms with Crippen LogP contribution in [0.25, 0.3) is 0 Å². The molecule has 1 aromatic carbocycles. The number of piperidine rings is 2. The van der Waals surface area contributed by atoms with E-state index < -0.39 is 12.1 Å². The molecule has 230 valence electrons. The van der Waals surface area contributed by atoms with Crippen molar-refractivity contribution in [3.63, 3.8) is 0 Å². The van der Waals surface area contributed by atoms with Gasteiger partial charge in [0.05, 0.1) is 6.20 Å². The highest BCUT2D eigenvalue weighted by Gasteiger charge is 2.38. The molecule has 9 nitrogen and oxygen atoms in total. The van der Waals surface area contributed by atoms with Gasteiger partial charge >= 0.3 is 12.1 Å². The summed E-state index contributed by atoms with van der Waals surface area (Å²) in [6.07, 6.45) is 4.81. The van der Waals surface area contributed by atoms with Crippen LogP contribution in [-0.4, -0.2) is 93.4 Å². The number of carbonyl (C=O) groups is 3. The van der Waals surface area contributed by atoms with Gasteiger partial charge in [0, 0.05) is 60.8 Å². The summed E-state index contributed by atoms with van der Waals surface area (Å²) in [6, 6.07) is 7.57. The van der Waals surface area contributed by atoms with Crippen molar-refractivity contribution in [1.82, 2.24) is 19.8 Å². The molecule has 0 radical (unpaired) electrons. The number of hydrogen-bond donors (Lipinski definition) is 1. The molecule has 0 spiro atoms. The highest BCUT2D eigenvalue weighted by Crippen LogP contribution is 2.29. The Balaban J connectivity index is 0.000000616. The lowest BCUT2D eigenvalue weighted by atomic mass is 9.94. The van der Waals surface area contributed by atoms with Crippen molar-refractivity contribution in [2.45, 2.75) is 55.5 Å². The highest BCUT2D eigenvalue weighted by atomic mass is 35.5.